The summed E-state index contributed by atoms with van der Waals surface area (Å²) >= 11 is 0. The van der Waals surface area contributed by atoms with E-state index in [9.17, 15) is 19.1 Å². The average Bonchev–Trinajstić information content (AvgIpc) is 3.09. The number of carbonyl (C=O) groups is 2. The van der Waals surface area contributed by atoms with E-state index >= 15 is 0 Å². The summed E-state index contributed by atoms with van der Waals surface area (Å²) in [6.07, 6.45) is -1.53. The molecular weight excluding hydrogens is 375 g/mol. The number of aliphatic hydroxyl groups excluding tert-OH is 1. The molecule has 0 spiro atoms. The van der Waals surface area contributed by atoms with Crippen LogP contribution in [0.15, 0.2) is 18.2 Å². The van der Waals surface area contributed by atoms with Crippen molar-refractivity contribution in [3.05, 3.63) is 35.1 Å². The normalized spacial score (nSPS) is 24.7. The number of rotatable bonds is 4. The van der Waals surface area contributed by atoms with Gasteiger partial charge in [-0.05, 0) is 58.9 Å². The van der Waals surface area contributed by atoms with Crippen LogP contribution in [0.2, 0.25) is 0 Å². The van der Waals surface area contributed by atoms with Crippen LogP contribution in [0.5, 0.6) is 0 Å². The van der Waals surface area contributed by atoms with E-state index in [1.807, 2.05) is 20.8 Å². The molecule has 1 heterocycles. The van der Waals surface area contributed by atoms with Crippen LogP contribution in [0.4, 0.5) is 9.18 Å². The topological polar surface area (TPSA) is 78.9 Å². The number of hydrogen-bond acceptors (Lipinski definition) is 4. The van der Waals surface area contributed by atoms with Gasteiger partial charge in [0.05, 0.1) is 5.54 Å². The number of nitrogens with zero attached hydrogens (tertiary/aromatic N) is 1. The number of amides is 2. The van der Waals surface area contributed by atoms with Gasteiger partial charge in [-0.1, -0.05) is 18.2 Å². The molecule has 1 saturated carbocycles. The molecule has 4 atom stereocenters. The predicted octanol–water partition coefficient (Wildman–Crippen LogP) is 3.18. The van der Waals surface area contributed by atoms with Crippen LogP contribution in [-0.2, 0) is 9.53 Å². The number of carbonyl (C=O) groups excluding carboxylic acids is 2. The Morgan fingerprint density at radius 2 is 1.79 bits per heavy atom. The van der Waals surface area contributed by atoms with Crippen molar-refractivity contribution in [2.24, 2.45) is 17.8 Å². The standard InChI is InChI=1S/C22H31FN2O4/c1-12-8-7-9-13(17(12)23)18(26)22(5,6)24-19(27)16-14-10-25(11-15(14)16)20(28)29-21(2,3)4/h7-9,14-16,18,26H,10-11H2,1-6H3,(H,24,27)/t14-,15+,16+,18?. The van der Waals surface area contributed by atoms with Gasteiger partial charge in [-0.2, -0.15) is 0 Å². The third-order valence-electron chi connectivity index (χ3n) is 5.79. The number of benzene rings is 1. The number of hydrogen-bond donors (Lipinski definition) is 2. The number of aryl methyl sites for hydroxylation is 1. The van der Waals surface area contributed by atoms with Gasteiger partial charge in [-0.3, -0.25) is 4.79 Å². The summed E-state index contributed by atoms with van der Waals surface area (Å²) in [4.78, 5) is 26.6. The summed E-state index contributed by atoms with van der Waals surface area (Å²) in [5.41, 5.74) is -0.968. The van der Waals surface area contributed by atoms with Crippen molar-refractivity contribution in [2.45, 2.75) is 58.8 Å². The van der Waals surface area contributed by atoms with Crippen molar-refractivity contribution in [1.29, 1.82) is 0 Å². The first-order valence-electron chi connectivity index (χ1n) is 10.0. The lowest BCUT2D eigenvalue weighted by molar-refractivity contribution is -0.126. The molecule has 7 heteroatoms. The molecule has 1 aromatic carbocycles. The van der Waals surface area contributed by atoms with E-state index in [4.69, 9.17) is 4.74 Å². The monoisotopic (exact) mass is 406 g/mol. The molecule has 0 aromatic heterocycles. The van der Waals surface area contributed by atoms with Gasteiger partial charge in [0.2, 0.25) is 5.91 Å². The quantitative estimate of drug-likeness (QED) is 0.805. The summed E-state index contributed by atoms with van der Waals surface area (Å²) < 4.78 is 19.8. The summed E-state index contributed by atoms with van der Waals surface area (Å²) in [6.45, 7) is 11.5. The van der Waals surface area contributed by atoms with Crippen LogP contribution in [0, 0.1) is 30.5 Å². The molecule has 2 amide bonds. The van der Waals surface area contributed by atoms with E-state index in [1.54, 1.807) is 37.8 Å². The fourth-order valence-corrected chi connectivity index (χ4v) is 4.13. The Morgan fingerprint density at radius 1 is 1.21 bits per heavy atom. The molecule has 3 rings (SSSR count). The number of nitrogens with one attached hydrogen (secondary N) is 1. The molecule has 2 N–H and O–H groups in total. The molecule has 1 aliphatic carbocycles. The second-order valence-corrected chi connectivity index (χ2v) is 9.83. The number of aliphatic hydroxyl groups is 1. The SMILES string of the molecule is Cc1cccc(C(O)C(C)(C)NC(=O)[C@H]2[C@@H]3CN(C(=O)OC(C)(C)C)C[C@@H]32)c1F. The lowest BCUT2D eigenvalue weighted by Gasteiger charge is -2.33. The average molecular weight is 406 g/mol. The Hall–Kier alpha value is -2.15. The second-order valence-electron chi connectivity index (χ2n) is 9.83. The largest absolute Gasteiger partial charge is 0.444 e. The van der Waals surface area contributed by atoms with Crippen molar-refractivity contribution in [3.8, 4) is 0 Å². The highest BCUT2D eigenvalue weighted by Gasteiger charge is 2.61. The number of ether oxygens (including phenoxy) is 1. The van der Waals surface area contributed by atoms with E-state index in [-0.39, 0.29) is 35.3 Å². The Morgan fingerprint density at radius 3 is 2.34 bits per heavy atom. The van der Waals surface area contributed by atoms with E-state index in [0.717, 1.165) is 0 Å². The van der Waals surface area contributed by atoms with Crippen LogP contribution in [0.3, 0.4) is 0 Å². The molecule has 1 aromatic rings. The fraction of sp³-hybridized carbons (Fsp3) is 0.636. The second kappa shape index (κ2) is 7.27. The van der Waals surface area contributed by atoms with Crippen molar-refractivity contribution >= 4 is 12.0 Å². The van der Waals surface area contributed by atoms with Gasteiger partial charge in [0.15, 0.2) is 0 Å². The Bertz CT molecular complexity index is 806. The van der Waals surface area contributed by atoms with E-state index in [1.165, 1.54) is 6.07 Å². The van der Waals surface area contributed by atoms with Gasteiger partial charge in [0.1, 0.15) is 17.5 Å². The summed E-state index contributed by atoms with van der Waals surface area (Å²) in [5.74, 6) is -0.612. The highest BCUT2D eigenvalue weighted by atomic mass is 19.1. The zero-order chi connectivity index (χ0) is 21.7. The van der Waals surface area contributed by atoms with Gasteiger partial charge >= 0.3 is 6.09 Å². The molecule has 1 unspecified atom stereocenters. The Kier molecular flexibility index (Phi) is 5.41. The van der Waals surface area contributed by atoms with Crippen LogP contribution >= 0.6 is 0 Å². The first-order valence-corrected chi connectivity index (χ1v) is 10.0. The molecule has 1 saturated heterocycles. The van der Waals surface area contributed by atoms with Crippen molar-refractivity contribution in [1.82, 2.24) is 10.2 Å². The Balaban J connectivity index is 1.58. The van der Waals surface area contributed by atoms with Crippen molar-refractivity contribution in [3.63, 3.8) is 0 Å². The van der Waals surface area contributed by atoms with E-state index in [2.05, 4.69) is 5.32 Å². The lowest BCUT2D eigenvalue weighted by Crippen LogP contribution is -2.49. The molecule has 29 heavy (non-hydrogen) atoms. The van der Waals surface area contributed by atoms with Crippen LogP contribution in [-0.4, -0.2) is 46.2 Å². The van der Waals surface area contributed by atoms with Crippen LogP contribution < -0.4 is 5.32 Å². The van der Waals surface area contributed by atoms with Crippen LogP contribution in [0.1, 0.15) is 51.8 Å². The van der Waals surface area contributed by atoms with Crippen LogP contribution in [0.25, 0.3) is 0 Å². The maximum absolute atomic E-state index is 14.4. The molecular formula is C22H31FN2O4. The molecule has 2 fully saturated rings. The number of halogens is 1. The Labute approximate surface area is 171 Å². The van der Waals surface area contributed by atoms with Crippen molar-refractivity contribution < 1.29 is 23.8 Å². The lowest BCUT2D eigenvalue weighted by atomic mass is 9.89. The highest BCUT2D eigenvalue weighted by Crippen LogP contribution is 2.52. The minimum Gasteiger partial charge on any atom is -0.444 e. The highest BCUT2D eigenvalue weighted by molar-refractivity contribution is 5.84. The number of fused-ring (bicyclic) bond motifs is 1. The third kappa shape index (κ3) is 4.39. The third-order valence-corrected chi connectivity index (χ3v) is 5.79. The van der Waals surface area contributed by atoms with Gasteiger partial charge in [0.25, 0.3) is 0 Å². The zero-order valence-electron chi connectivity index (χ0n) is 18.0. The maximum Gasteiger partial charge on any atom is 0.410 e. The first-order chi connectivity index (χ1) is 13.3. The summed E-state index contributed by atoms with van der Waals surface area (Å²) in [6, 6.07) is 4.86. The predicted molar refractivity (Wildman–Crippen MR) is 107 cm³/mol. The molecule has 1 aliphatic heterocycles. The van der Waals surface area contributed by atoms with Gasteiger partial charge in [-0.15, -0.1) is 0 Å². The van der Waals surface area contributed by atoms with Gasteiger partial charge in [-0.25, -0.2) is 9.18 Å². The van der Waals surface area contributed by atoms with Gasteiger partial charge < -0.3 is 20.1 Å². The summed E-state index contributed by atoms with van der Waals surface area (Å²) in [7, 11) is 0. The molecule has 0 bridgehead atoms. The zero-order valence-corrected chi connectivity index (χ0v) is 18.0. The molecule has 0 radical (unpaired) electrons. The summed E-state index contributed by atoms with van der Waals surface area (Å²) in [5, 5.41) is 13.6. The van der Waals surface area contributed by atoms with E-state index in [0.29, 0.717) is 18.7 Å². The smallest absolute Gasteiger partial charge is 0.410 e. The molecule has 160 valence electrons. The minimum absolute atomic E-state index is 0.103. The number of piperidine rings is 1. The molecule has 6 nitrogen and oxygen atoms in total. The minimum atomic E-state index is -1.18. The fourth-order valence-electron chi connectivity index (χ4n) is 4.13. The number of likely N-dealkylation sites (tertiary alicyclic amines) is 1. The maximum atomic E-state index is 14.4. The molecule has 2 aliphatic rings. The first kappa shape index (κ1) is 21.6. The van der Waals surface area contributed by atoms with E-state index < -0.39 is 23.1 Å². The van der Waals surface area contributed by atoms with Crippen molar-refractivity contribution in [2.75, 3.05) is 13.1 Å². The van der Waals surface area contributed by atoms with Gasteiger partial charge in [0, 0.05) is 24.6 Å².